The van der Waals surface area contributed by atoms with Gasteiger partial charge in [-0.3, -0.25) is 4.90 Å². The summed E-state index contributed by atoms with van der Waals surface area (Å²) in [6, 6.07) is 15.9. The van der Waals surface area contributed by atoms with Gasteiger partial charge in [0.25, 0.3) is 0 Å². The SMILES string of the molecule is O=C(NCCN1CCN(c2cccc(Cl)c2)CC1)N[C@@H]1COc2ccccc2C1. The molecular formula is C22H27ClN4O2. The molecule has 0 saturated carbocycles. The average Bonchev–Trinajstić information content (AvgIpc) is 2.74. The van der Waals surface area contributed by atoms with Crippen LogP contribution in [0.3, 0.4) is 0 Å². The third-order valence-electron chi connectivity index (χ3n) is 5.47. The predicted octanol–water partition coefficient (Wildman–Crippen LogP) is 2.76. The minimum Gasteiger partial charge on any atom is -0.491 e. The van der Waals surface area contributed by atoms with Crippen LogP contribution in [0, 0.1) is 0 Å². The molecule has 7 heteroatoms. The highest BCUT2D eigenvalue weighted by molar-refractivity contribution is 6.30. The van der Waals surface area contributed by atoms with Gasteiger partial charge in [0.2, 0.25) is 0 Å². The number of amides is 2. The highest BCUT2D eigenvalue weighted by Crippen LogP contribution is 2.24. The number of nitrogens with one attached hydrogen (secondary N) is 2. The first-order valence-corrected chi connectivity index (χ1v) is 10.5. The molecule has 154 valence electrons. The standard InChI is InChI=1S/C22H27ClN4O2/c23-18-5-3-6-20(15-18)27-12-10-26(11-13-27)9-8-24-22(28)25-19-14-17-4-1-2-7-21(17)29-16-19/h1-7,15,19H,8-14,16H2,(H2,24,25,28)/t19-/m0/s1. The summed E-state index contributed by atoms with van der Waals surface area (Å²) in [7, 11) is 0. The van der Waals surface area contributed by atoms with Gasteiger partial charge in [-0.05, 0) is 36.2 Å². The molecule has 2 amide bonds. The first kappa shape index (κ1) is 19.9. The molecule has 2 heterocycles. The van der Waals surface area contributed by atoms with E-state index in [2.05, 4.69) is 26.5 Å². The summed E-state index contributed by atoms with van der Waals surface area (Å²) < 4.78 is 5.73. The van der Waals surface area contributed by atoms with Crippen molar-refractivity contribution >= 4 is 23.3 Å². The summed E-state index contributed by atoms with van der Waals surface area (Å²) in [5, 5.41) is 6.76. The summed E-state index contributed by atoms with van der Waals surface area (Å²) in [6.45, 7) is 5.87. The van der Waals surface area contributed by atoms with Gasteiger partial charge in [0.1, 0.15) is 12.4 Å². The Labute approximate surface area is 176 Å². The lowest BCUT2D eigenvalue weighted by Crippen LogP contribution is -2.51. The number of benzene rings is 2. The lowest BCUT2D eigenvalue weighted by Gasteiger charge is -2.36. The van der Waals surface area contributed by atoms with Gasteiger partial charge in [-0.1, -0.05) is 35.9 Å². The number of halogens is 1. The van der Waals surface area contributed by atoms with Crippen LogP contribution in [0.25, 0.3) is 0 Å². The zero-order valence-corrected chi connectivity index (χ0v) is 17.2. The molecule has 0 aromatic heterocycles. The van der Waals surface area contributed by atoms with Gasteiger partial charge in [-0.25, -0.2) is 4.79 Å². The first-order valence-electron chi connectivity index (χ1n) is 10.2. The number of hydrogen-bond donors (Lipinski definition) is 2. The molecule has 0 bridgehead atoms. The normalized spacial score (nSPS) is 19.2. The van der Waals surface area contributed by atoms with Crippen molar-refractivity contribution in [2.45, 2.75) is 12.5 Å². The molecule has 2 aromatic rings. The molecule has 1 atom stereocenters. The number of hydrogen-bond acceptors (Lipinski definition) is 4. The number of urea groups is 1. The highest BCUT2D eigenvalue weighted by Gasteiger charge is 2.21. The van der Waals surface area contributed by atoms with E-state index >= 15 is 0 Å². The van der Waals surface area contributed by atoms with Gasteiger partial charge >= 0.3 is 6.03 Å². The molecule has 1 saturated heterocycles. The fourth-order valence-electron chi connectivity index (χ4n) is 3.89. The van der Waals surface area contributed by atoms with E-state index in [0.717, 1.165) is 55.5 Å². The van der Waals surface area contributed by atoms with Crippen molar-refractivity contribution in [1.82, 2.24) is 15.5 Å². The molecule has 0 unspecified atom stereocenters. The molecule has 0 aliphatic carbocycles. The van der Waals surface area contributed by atoms with Gasteiger partial charge in [-0.15, -0.1) is 0 Å². The fraction of sp³-hybridized carbons (Fsp3) is 0.409. The molecular weight excluding hydrogens is 388 g/mol. The van der Waals surface area contributed by atoms with Gasteiger partial charge in [-0.2, -0.15) is 0 Å². The van der Waals surface area contributed by atoms with Crippen LogP contribution in [-0.2, 0) is 6.42 Å². The van der Waals surface area contributed by atoms with Crippen LogP contribution in [0.5, 0.6) is 5.75 Å². The zero-order chi connectivity index (χ0) is 20.1. The molecule has 29 heavy (non-hydrogen) atoms. The topological polar surface area (TPSA) is 56.8 Å². The van der Waals surface area contributed by atoms with E-state index in [1.165, 1.54) is 5.69 Å². The summed E-state index contributed by atoms with van der Waals surface area (Å²) in [6.07, 6.45) is 0.801. The van der Waals surface area contributed by atoms with Crippen LogP contribution in [0.1, 0.15) is 5.56 Å². The number of rotatable bonds is 5. The number of piperazine rings is 1. The minimum atomic E-state index is -0.129. The van der Waals surface area contributed by atoms with Gasteiger partial charge in [0.05, 0.1) is 6.04 Å². The number of ether oxygens (including phenoxy) is 1. The van der Waals surface area contributed by atoms with Crippen LogP contribution < -0.4 is 20.3 Å². The third kappa shape index (κ3) is 5.34. The van der Waals surface area contributed by atoms with Gasteiger partial charge in [0.15, 0.2) is 0 Å². The van der Waals surface area contributed by atoms with E-state index in [1.54, 1.807) is 0 Å². The highest BCUT2D eigenvalue weighted by atomic mass is 35.5. The second kappa shape index (κ2) is 9.37. The Morgan fingerprint density at radius 2 is 1.93 bits per heavy atom. The largest absolute Gasteiger partial charge is 0.491 e. The Hall–Kier alpha value is -2.44. The molecule has 2 aliphatic heterocycles. The van der Waals surface area contributed by atoms with Crippen LogP contribution in [0.15, 0.2) is 48.5 Å². The summed E-state index contributed by atoms with van der Waals surface area (Å²) in [4.78, 5) is 16.9. The fourth-order valence-corrected chi connectivity index (χ4v) is 4.07. The van der Waals surface area contributed by atoms with Gasteiger partial charge in [0, 0.05) is 50.0 Å². The summed E-state index contributed by atoms with van der Waals surface area (Å²) in [5.74, 6) is 0.919. The molecule has 2 aromatic carbocycles. The predicted molar refractivity (Wildman–Crippen MR) is 116 cm³/mol. The number of fused-ring (bicyclic) bond motifs is 1. The Morgan fingerprint density at radius 3 is 2.76 bits per heavy atom. The van der Waals surface area contributed by atoms with E-state index in [-0.39, 0.29) is 12.1 Å². The lowest BCUT2D eigenvalue weighted by atomic mass is 10.0. The monoisotopic (exact) mass is 414 g/mol. The van der Waals surface area contributed by atoms with E-state index in [1.807, 2.05) is 42.5 Å². The zero-order valence-electron chi connectivity index (χ0n) is 16.4. The van der Waals surface area contributed by atoms with E-state index in [4.69, 9.17) is 16.3 Å². The van der Waals surface area contributed by atoms with Crippen LogP contribution in [0.2, 0.25) is 5.02 Å². The van der Waals surface area contributed by atoms with E-state index < -0.39 is 0 Å². The Kier molecular flexibility index (Phi) is 6.42. The quantitative estimate of drug-likeness (QED) is 0.789. The number of para-hydroxylation sites is 1. The Morgan fingerprint density at radius 1 is 1.10 bits per heavy atom. The van der Waals surface area contributed by atoms with Crippen LogP contribution in [0.4, 0.5) is 10.5 Å². The second-order valence-electron chi connectivity index (χ2n) is 7.53. The maximum absolute atomic E-state index is 12.2. The van der Waals surface area contributed by atoms with Crippen molar-refractivity contribution in [3.63, 3.8) is 0 Å². The number of carbonyl (C=O) groups is 1. The van der Waals surface area contributed by atoms with Crippen LogP contribution in [-0.4, -0.2) is 62.8 Å². The summed E-state index contributed by atoms with van der Waals surface area (Å²) in [5.41, 5.74) is 2.31. The summed E-state index contributed by atoms with van der Waals surface area (Å²) >= 11 is 6.09. The van der Waals surface area contributed by atoms with Crippen molar-refractivity contribution in [2.75, 3.05) is 50.8 Å². The van der Waals surface area contributed by atoms with Crippen molar-refractivity contribution < 1.29 is 9.53 Å². The molecule has 4 rings (SSSR count). The first-order chi connectivity index (χ1) is 14.2. The molecule has 2 aliphatic rings. The van der Waals surface area contributed by atoms with Crippen molar-refractivity contribution in [3.05, 3.63) is 59.1 Å². The smallest absolute Gasteiger partial charge is 0.315 e. The molecule has 2 N–H and O–H groups in total. The van der Waals surface area contributed by atoms with Gasteiger partial charge < -0.3 is 20.3 Å². The molecule has 1 fully saturated rings. The Balaban J connectivity index is 1.14. The average molecular weight is 415 g/mol. The molecule has 0 radical (unpaired) electrons. The molecule has 0 spiro atoms. The lowest BCUT2D eigenvalue weighted by molar-refractivity contribution is 0.211. The van der Waals surface area contributed by atoms with Crippen molar-refractivity contribution in [3.8, 4) is 5.75 Å². The second-order valence-corrected chi connectivity index (χ2v) is 7.97. The van der Waals surface area contributed by atoms with Crippen molar-refractivity contribution in [2.24, 2.45) is 0 Å². The number of nitrogens with zero attached hydrogens (tertiary/aromatic N) is 2. The Bertz CT molecular complexity index is 839. The van der Waals surface area contributed by atoms with E-state index in [9.17, 15) is 4.79 Å². The maximum atomic E-state index is 12.2. The third-order valence-corrected chi connectivity index (χ3v) is 5.71. The van der Waals surface area contributed by atoms with E-state index in [0.29, 0.717) is 13.2 Å². The number of carbonyl (C=O) groups excluding carboxylic acids is 1. The minimum absolute atomic E-state index is 0.00569. The van der Waals surface area contributed by atoms with Crippen LogP contribution >= 0.6 is 11.6 Å². The van der Waals surface area contributed by atoms with Crippen molar-refractivity contribution in [1.29, 1.82) is 0 Å². The number of anilines is 1. The maximum Gasteiger partial charge on any atom is 0.315 e. The molecule has 6 nitrogen and oxygen atoms in total.